The Hall–Kier alpha value is -1.82. The Morgan fingerprint density at radius 2 is 2.32 bits per heavy atom. The first-order chi connectivity index (χ1) is 9.17. The number of nitrogens with two attached hydrogens (primary N) is 1. The molecule has 0 aliphatic rings. The Morgan fingerprint density at radius 3 is 2.89 bits per heavy atom. The largest absolute Gasteiger partial charge is 0.396 e. The van der Waals surface area contributed by atoms with E-state index in [1.165, 1.54) is 6.20 Å². The van der Waals surface area contributed by atoms with E-state index in [0.717, 1.165) is 4.88 Å². The van der Waals surface area contributed by atoms with E-state index in [4.69, 9.17) is 5.73 Å². The number of nitrogen functional groups attached to an aromatic ring is 1. The van der Waals surface area contributed by atoms with E-state index in [1.807, 2.05) is 31.4 Å². The summed E-state index contributed by atoms with van der Waals surface area (Å²) in [7, 11) is 0. The molecule has 0 saturated heterocycles. The van der Waals surface area contributed by atoms with Gasteiger partial charge in [0, 0.05) is 18.0 Å². The van der Waals surface area contributed by atoms with E-state index < -0.39 is 0 Å². The highest BCUT2D eigenvalue weighted by atomic mass is 32.1. The van der Waals surface area contributed by atoms with Crippen LogP contribution in [0.2, 0.25) is 0 Å². The second-order valence-corrected chi connectivity index (χ2v) is 5.20. The quantitative estimate of drug-likeness (QED) is 0.912. The molecule has 102 valence electrons. The minimum absolute atomic E-state index is 0.0623. The summed E-state index contributed by atoms with van der Waals surface area (Å²) in [5.74, 6) is -0.0623. The predicted molar refractivity (Wildman–Crippen MR) is 77.0 cm³/mol. The minimum Gasteiger partial charge on any atom is -0.396 e. The Balaban J connectivity index is 2.23. The molecule has 6 heteroatoms. The van der Waals surface area contributed by atoms with Gasteiger partial charge in [-0.2, -0.15) is 5.10 Å². The summed E-state index contributed by atoms with van der Waals surface area (Å²) >= 11 is 1.65. The van der Waals surface area contributed by atoms with Crippen molar-refractivity contribution in [2.75, 3.05) is 12.3 Å². The van der Waals surface area contributed by atoms with Gasteiger partial charge in [0.15, 0.2) is 0 Å². The third-order valence-corrected chi connectivity index (χ3v) is 3.83. The summed E-state index contributed by atoms with van der Waals surface area (Å²) < 4.78 is 1.65. The van der Waals surface area contributed by atoms with Crippen LogP contribution >= 0.6 is 11.3 Å². The fourth-order valence-corrected chi connectivity index (χ4v) is 2.66. The lowest BCUT2D eigenvalue weighted by molar-refractivity contribution is 0.0743. The normalized spacial score (nSPS) is 10.6. The van der Waals surface area contributed by atoms with Gasteiger partial charge in [0.2, 0.25) is 0 Å². The number of anilines is 1. The van der Waals surface area contributed by atoms with Crippen LogP contribution in [0.1, 0.15) is 29.2 Å². The summed E-state index contributed by atoms with van der Waals surface area (Å²) in [5, 5.41) is 6.13. The molecule has 1 amide bonds. The molecule has 0 radical (unpaired) electrons. The molecule has 0 unspecified atom stereocenters. The Kier molecular flexibility index (Phi) is 4.21. The number of rotatable bonds is 5. The zero-order valence-corrected chi connectivity index (χ0v) is 12.0. The number of carbonyl (C=O) groups excluding carboxylic acids is 1. The molecule has 2 N–H and O–H groups in total. The van der Waals surface area contributed by atoms with Crippen LogP contribution in [0, 0.1) is 0 Å². The van der Waals surface area contributed by atoms with E-state index in [9.17, 15) is 4.79 Å². The first-order valence-corrected chi connectivity index (χ1v) is 7.18. The van der Waals surface area contributed by atoms with Crippen molar-refractivity contribution in [1.82, 2.24) is 14.7 Å². The highest BCUT2D eigenvalue weighted by molar-refractivity contribution is 7.09. The fourth-order valence-electron chi connectivity index (χ4n) is 1.94. The van der Waals surface area contributed by atoms with Crippen molar-refractivity contribution in [3.63, 3.8) is 0 Å². The lowest BCUT2D eigenvalue weighted by Crippen LogP contribution is -2.32. The number of aryl methyl sites for hydroxylation is 1. The third-order valence-electron chi connectivity index (χ3n) is 2.97. The molecule has 0 atom stereocenters. The van der Waals surface area contributed by atoms with Crippen molar-refractivity contribution in [3.05, 3.63) is 34.3 Å². The molecule has 5 nitrogen and oxygen atoms in total. The first kappa shape index (κ1) is 13.6. The maximum atomic E-state index is 12.6. The highest BCUT2D eigenvalue weighted by Crippen LogP contribution is 2.17. The molecule has 0 saturated carbocycles. The summed E-state index contributed by atoms with van der Waals surface area (Å²) in [5.41, 5.74) is 6.78. The van der Waals surface area contributed by atoms with Gasteiger partial charge in [-0.3, -0.25) is 9.48 Å². The van der Waals surface area contributed by atoms with Crippen LogP contribution in [0.5, 0.6) is 0 Å². The zero-order valence-electron chi connectivity index (χ0n) is 11.2. The van der Waals surface area contributed by atoms with Crippen LogP contribution in [0.15, 0.2) is 23.7 Å². The molecule has 0 aromatic carbocycles. The number of hydrogen-bond donors (Lipinski definition) is 1. The smallest absolute Gasteiger partial charge is 0.274 e. The van der Waals surface area contributed by atoms with E-state index in [2.05, 4.69) is 5.10 Å². The molecule has 2 heterocycles. The monoisotopic (exact) mass is 278 g/mol. The van der Waals surface area contributed by atoms with Gasteiger partial charge in [0.05, 0.1) is 18.4 Å². The molecule has 0 spiro atoms. The van der Waals surface area contributed by atoms with Crippen LogP contribution in [-0.2, 0) is 13.1 Å². The average molecular weight is 278 g/mol. The number of nitrogens with zero attached hydrogens (tertiary/aromatic N) is 3. The van der Waals surface area contributed by atoms with E-state index in [0.29, 0.717) is 31.0 Å². The minimum atomic E-state index is -0.0623. The lowest BCUT2D eigenvalue weighted by Gasteiger charge is -2.20. The maximum Gasteiger partial charge on any atom is 0.274 e. The average Bonchev–Trinajstić information content (AvgIpc) is 3.04. The molecule has 2 aromatic rings. The number of hydrogen-bond acceptors (Lipinski definition) is 4. The number of amides is 1. The molecule has 0 bridgehead atoms. The van der Waals surface area contributed by atoms with E-state index in [-0.39, 0.29) is 5.91 Å². The van der Waals surface area contributed by atoms with Crippen LogP contribution in [0.4, 0.5) is 5.69 Å². The second kappa shape index (κ2) is 5.88. The van der Waals surface area contributed by atoms with Crippen molar-refractivity contribution < 1.29 is 4.79 Å². The number of aromatic nitrogens is 2. The molecule has 2 rings (SSSR count). The molecule has 19 heavy (non-hydrogen) atoms. The van der Waals surface area contributed by atoms with Crippen molar-refractivity contribution in [2.45, 2.75) is 26.9 Å². The van der Waals surface area contributed by atoms with Crippen LogP contribution in [-0.4, -0.2) is 27.1 Å². The standard InChI is InChI=1S/C13H18N4OS/c1-3-16(9-10-6-5-7-19-10)13(18)12-11(14)8-15-17(12)4-2/h5-8H,3-4,9,14H2,1-2H3. The number of carbonyl (C=O) groups is 1. The van der Waals surface area contributed by atoms with Gasteiger partial charge in [0.25, 0.3) is 5.91 Å². The van der Waals surface area contributed by atoms with E-state index in [1.54, 1.807) is 20.9 Å². The number of thiophene rings is 1. The van der Waals surface area contributed by atoms with Gasteiger partial charge in [-0.25, -0.2) is 0 Å². The first-order valence-electron chi connectivity index (χ1n) is 6.30. The molecule has 2 aromatic heterocycles. The Labute approximate surface area is 116 Å². The molecule has 0 aliphatic heterocycles. The summed E-state index contributed by atoms with van der Waals surface area (Å²) in [6.07, 6.45) is 1.54. The second-order valence-electron chi connectivity index (χ2n) is 4.16. The molecule has 0 fully saturated rings. The highest BCUT2D eigenvalue weighted by Gasteiger charge is 2.21. The summed E-state index contributed by atoms with van der Waals surface area (Å²) in [6, 6.07) is 4.02. The van der Waals surface area contributed by atoms with Gasteiger partial charge in [-0.1, -0.05) is 6.07 Å². The molecule has 0 aliphatic carbocycles. The van der Waals surface area contributed by atoms with Gasteiger partial charge in [-0.05, 0) is 25.3 Å². The fraction of sp³-hybridized carbons (Fsp3) is 0.385. The van der Waals surface area contributed by atoms with Gasteiger partial charge < -0.3 is 10.6 Å². The summed E-state index contributed by atoms with van der Waals surface area (Å²) in [6.45, 7) is 5.80. The van der Waals surface area contributed by atoms with Crippen molar-refractivity contribution in [2.24, 2.45) is 0 Å². The Bertz CT molecular complexity index is 547. The Morgan fingerprint density at radius 1 is 1.53 bits per heavy atom. The van der Waals surface area contributed by atoms with Crippen molar-refractivity contribution in [1.29, 1.82) is 0 Å². The van der Waals surface area contributed by atoms with Crippen LogP contribution < -0.4 is 5.73 Å². The predicted octanol–water partition coefficient (Wildman–Crippen LogP) is 2.21. The van der Waals surface area contributed by atoms with E-state index >= 15 is 0 Å². The van der Waals surface area contributed by atoms with Gasteiger partial charge in [-0.15, -0.1) is 11.3 Å². The zero-order chi connectivity index (χ0) is 13.8. The van der Waals surface area contributed by atoms with Gasteiger partial charge >= 0.3 is 0 Å². The third kappa shape index (κ3) is 2.78. The lowest BCUT2D eigenvalue weighted by atomic mass is 10.3. The van der Waals surface area contributed by atoms with Crippen molar-refractivity contribution >= 4 is 22.9 Å². The molecular weight excluding hydrogens is 260 g/mol. The van der Waals surface area contributed by atoms with Crippen LogP contribution in [0.3, 0.4) is 0 Å². The topological polar surface area (TPSA) is 64.2 Å². The maximum absolute atomic E-state index is 12.6. The van der Waals surface area contributed by atoms with Crippen LogP contribution in [0.25, 0.3) is 0 Å². The SMILES string of the molecule is CCN(Cc1cccs1)C(=O)c1c(N)cnn1CC. The van der Waals surface area contributed by atoms with Gasteiger partial charge in [0.1, 0.15) is 5.69 Å². The summed E-state index contributed by atoms with van der Waals surface area (Å²) in [4.78, 5) is 15.5. The molecular formula is C13H18N4OS. The van der Waals surface area contributed by atoms with Crippen molar-refractivity contribution in [3.8, 4) is 0 Å².